The zero-order valence-electron chi connectivity index (χ0n) is 22.7. The van der Waals surface area contributed by atoms with Crippen LogP contribution in [-0.2, 0) is 33.1 Å². The van der Waals surface area contributed by atoms with E-state index in [9.17, 15) is 23.1 Å². The highest BCUT2D eigenvalue weighted by molar-refractivity contribution is 8.21. The molecule has 0 rings (SSSR count). The number of carbonyl (C=O) groups is 3. The predicted octanol–water partition coefficient (Wildman–Crippen LogP) is 6.99. The Morgan fingerprint density at radius 2 is 1.00 bits per heavy atom. The van der Waals surface area contributed by atoms with Gasteiger partial charge >= 0.3 is 17.6 Å². The van der Waals surface area contributed by atoms with Gasteiger partial charge in [-0.2, -0.15) is 0 Å². The minimum atomic E-state index is -2.97. The van der Waals surface area contributed by atoms with Gasteiger partial charge in [-0.3, -0.25) is 14.2 Å². The van der Waals surface area contributed by atoms with E-state index in [-0.39, 0.29) is 0 Å². The van der Waals surface area contributed by atoms with Crippen molar-refractivity contribution in [2.45, 2.75) is 112 Å². The number of hydrogen-bond donors (Lipinski definition) is 0. The lowest BCUT2D eigenvalue weighted by molar-refractivity contribution is -0.203. The fraction of sp³-hybridized carbons (Fsp3) is 0.870. The van der Waals surface area contributed by atoms with Crippen LogP contribution in [0.1, 0.15) is 89.5 Å². The second-order valence-corrected chi connectivity index (χ2v) is 13.9. The quantitative estimate of drug-likeness (QED) is 0.116. The molecule has 0 aliphatic heterocycles. The Morgan fingerprint density at radius 3 is 1.32 bits per heavy atom. The van der Waals surface area contributed by atoms with Crippen molar-refractivity contribution in [3.63, 3.8) is 0 Å². The fourth-order valence-corrected chi connectivity index (χ4v) is 3.83. The van der Waals surface area contributed by atoms with Gasteiger partial charge in [0, 0.05) is 17.9 Å². The van der Waals surface area contributed by atoms with Crippen molar-refractivity contribution in [3.05, 3.63) is 0 Å². The number of carbonyl (C=O) groups excluding carboxylic acids is 3. The summed E-state index contributed by atoms with van der Waals surface area (Å²) >= 11 is 0. The number of ether oxygens (including phenoxy) is 4. The van der Waals surface area contributed by atoms with Gasteiger partial charge in [0.05, 0.1) is 5.60 Å². The Bertz CT molecular complexity index is 788. The van der Waals surface area contributed by atoms with Crippen LogP contribution >= 0.6 is 16.1 Å². The van der Waals surface area contributed by atoms with Crippen LogP contribution in [0.25, 0.3) is 0 Å². The van der Waals surface area contributed by atoms with Crippen LogP contribution in [-0.4, -0.2) is 47.2 Å². The molecule has 0 spiro atoms. The molecule has 0 bridgehead atoms. The molecule has 1 unspecified atom stereocenters. The summed E-state index contributed by atoms with van der Waals surface area (Å²) < 4.78 is 46.3. The molecule has 0 N–H and O–H groups in total. The first kappa shape index (κ1) is 32.8. The smallest absolute Gasteiger partial charge is 0.372 e. The molecule has 0 aromatic heterocycles. The van der Waals surface area contributed by atoms with Crippen molar-refractivity contribution in [1.29, 1.82) is 0 Å². The van der Waals surface area contributed by atoms with Gasteiger partial charge in [-0.15, -0.1) is 0 Å². The largest absolute Gasteiger partial charge is 0.459 e. The van der Waals surface area contributed by atoms with Crippen molar-refractivity contribution in [1.82, 2.24) is 0 Å². The fourth-order valence-electron chi connectivity index (χ4n) is 3.14. The molecule has 0 aliphatic carbocycles. The third-order valence-electron chi connectivity index (χ3n) is 8.12. The number of halogens is 1. The van der Waals surface area contributed by atoms with Gasteiger partial charge in [0.15, 0.2) is 0 Å². The molecule has 11 heteroatoms. The van der Waals surface area contributed by atoms with E-state index < -0.39 is 73.4 Å². The Morgan fingerprint density at radius 1 is 0.676 bits per heavy atom. The van der Waals surface area contributed by atoms with E-state index in [4.69, 9.17) is 18.9 Å². The molecule has 0 saturated carbocycles. The summed E-state index contributed by atoms with van der Waals surface area (Å²) in [7, 11) is -2.33. The van der Waals surface area contributed by atoms with Gasteiger partial charge in [-0.05, 0) is 55.4 Å². The lowest BCUT2D eigenvalue weighted by Gasteiger charge is -2.50. The Hall–Kier alpha value is -1.17. The first-order valence-corrected chi connectivity index (χ1v) is 13.7. The van der Waals surface area contributed by atoms with Gasteiger partial charge < -0.3 is 18.9 Å². The highest BCUT2D eigenvalue weighted by Gasteiger charge is 2.54. The lowest BCUT2D eigenvalue weighted by atomic mass is 9.66. The highest BCUT2D eigenvalue weighted by atomic mass is 32.1. The van der Waals surface area contributed by atoms with Crippen molar-refractivity contribution in [2.75, 3.05) is 7.11 Å². The monoisotopic (exact) mass is 526 g/mol. The van der Waals surface area contributed by atoms with Gasteiger partial charge in [0.1, 0.15) is 23.2 Å². The van der Waals surface area contributed by atoms with Crippen LogP contribution in [0.15, 0.2) is 0 Å². The molecule has 198 valence electrons. The van der Waals surface area contributed by atoms with Crippen molar-refractivity contribution >= 4 is 33.7 Å². The maximum atomic E-state index is 13.5. The first-order valence-electron chi connectivity index (χ1n) is 10.9. The van der Waals surface area contributed by atoms with Crippen molar-refractivity contribution < 1.29 is 42.1 Å². The summed E-state index contributed by atoms with van der Waals surface area (Å²) in [6.45, 7) is 20.7. The molecule has 0 aromatic rings. The summed E-state index contributed by atoms with van der Waals surface area (Å²) in [5.41, 5.74) is -7.01. The van der Waals surface area contributed by atoms with Gasteiger partial charge in [0.25, 0.3) is 7.92 Å². The van der Waals surface area contributed by atoms with E-state index in [2.05, 4.69) is 0 Å². The molecule has 0 fully saturated rings. The molecule has 0 aliphatic rings. The summed E-state index contributed by atoms with van der Waals surface area (Å²) in [4.78, 5) is 37.2. The zero-order valence-corrected chi connectivity index (χ0v) is 24.5. The highest BCUT2D eigenvalue weighted by Crippen LogP contribution is 2.54. The topological polar surface area (TPSA) is 105 Å². The minimum absolute atomic E-state index is 0.608. The van der Waals surface area contributed by atoms with Crippen molar-refractivity contribution in [3.8, 4) is 0 Å². The van der Waals surface area contributed by atoms with Crippen LogP contribution < -0.4 is 0 Å². The van der Waals surface area contributed by atoms with Gasteiger partial charge in [-0.25, -0.2) is 8.99 Å². The van der Waals surface area contributed by atoms with Crippen LogP contribution in [0.2, 0.25) is 0 Å². The molecule has 0 aromatic carbocycles. The van der Waals surface area contributed by atoms with Crippen molar-refractivity contribution in [2.24, 2.45) is 10.8 Å². The molecular formula is C23H41FO8P2. The standard InChI is InChI=1S/C23H41FO8P2/c1-18(2,20(5,6)29-13)21(7,8)30-15(25)14-16(26)31-22(9,10)19(3,4)23(11,12)32-17(27)34(24)33-28/h14H2,1-13H3. The first-order chi connectivity index (χ1) is 14.9. The molecule has 34 heavy (non-hydrogen) atoms. The SMILES string of the molecule is COC(C)(C)C(C)(C)C(C)(C)OC(=O)CC(=O)OC(C)(C)C(C)(C)C(C)(C)OC(=O)P(F)P=O. The average Bonchev–Trinajstić information content (AvgIpc) is 2.64. The molecule has 1 atom stereocenters. The molecule has 0 amide bonds. The van der Waals surface area contributed by atoms with Crippen LogP contribution in [0.5, 0.6) is 0 Å². The number of esters is 2. The normalized spacial score (nSPS) is 15.0. The average molecular weight is 527 g/mol. The molecule has 0 saturated heterocycles. The number of hydrogen-bond acceptors (Lipinski definition) is 8. The van der Waals surface area contributed by atoms with Gasteiger partial charge in [0.2, 0.25) is 8.15 Å². The number of rotatable bonds is 12. The van der Waals surface area contributed by atoms with E-state index in [1.165, 1.54) is 0 Å². The summed E-state index contributed by atoms with van der Waals surface area (Å²) in [5.74, 6) is -1.58. The second-order valence-electron chi connectivity index (χ2n) is 11.3. The summed E-state index contributed by atoms with van der Waals surface area (Å²) in [6, 6.07) is 0. The zero-order chi connectivity index (χ0) is 27.6. The van der Waals surface area contributed by atoms with Gasteiger partial charge in [-0.1, -0.05) is 27.7 Å². The molecule has 0 radical (unpaired) electrons. The lowest BCUT2D eigenvalue weighted by Crippen LogP contribution is -2.57. The van der Waals surface area contributed by atoms with E-state index >= 15 is 0 Å². The van der Waals surface area contributed by atoms with Crippen LogP contribution in [0, 0.1) is 10.8 Å². The molecule has 8 nitrogen and oxygen atoms in total. The Balaban J connectivity index is 5.47. The molecule has 0 heterocycles. The third-order valence-corrected chi connectivity index (χ3v) is 9.58. The Labute approximate surface area is 206 Å². The Kier molecular flexibility index (Phi) is 10.5. The van der Waals surface area contributed by atoms with E-state index in [0.717, 1.165) is 0 Å². The van der Waals surface area contributed by atoms with E-state index in [1.54, 1.807) is 62.5 Å². The number of methoxy groups -OCH3 is 1. The maximum Gasteiger partial charge on any atom is 0.372 e. The summed E-state index contributed by atoms with van der Waals surface area (Å²) in [5, 5.41) is 0. The summed E-state index contributed by atoms with van der Waals surface area (Å²) in [6.07, 6.45) is -0.627. The predicted molar refractivity (Wildman–Crippen MR) is 130 cm³/mol. The van der Waals surface area contributed by atoms with E-state index in [1.807, 2.05) is 27.7 Å². The second kappa shape index (κ2) is 10.8. The molecular weight excluding hydrogens is 485 g/mol. The van der Waals surface area contributed by atoms with Crippen LogP contribution in [0.4, 0.5) is 8.99 Å². The third kappa shape index (κ3) is 6.95. The maximum absolute atomic E-state index is 13.5. The minimum Gasteiger partial charge on any atom is -0.459 e. The van der Waals surface area contributed by atoms with E-state index in [0.29, 0.717) is 0 Å². The van der Waals surface area contributed by atoms with Crippen LogP contribution in [0.3, 0.4) is 0 Å².